The molecule has 102 valence electrons. The molecular weight excluding hydrogens is 224 g/mol. The Morgan fingerprint density at radius 2 is 1.94 bits per heavy atom. The molecule has 0 heterocycles. The summed E-state index contributed by atoms with van der Waals surface area (Å²) in [5, 5.41) is 3.42. The molecule has 1 unspecified atom stereocenters. The SMILES string of the molecule is CCCOc1cc(N)cc(NCC(C)C(C)C)c1. The molecule has 0 aliphatic rings. The van der Waals surface area contributed by atoms with Crippen LogP contribution in [0.3, 0.4) is 0 Å². The van der Waals surface area contributed by atoms with Crippen LogP contribution in [-0.2, 0) is 0 Å². The zero-order valence-electron chi connectivity index (χ0n) is 12.0. The summed E-state index contributed by atoms with van der Waals surface area (Å²) >= 11 is 0. The second kappa shape index (κ2) is 7.14. The van der Waals surface area contributed by atoms with Crippen molar-refractivity contribution in [3.63, 3.8) is 0 Å². The van der Waals surface area contributed by atoms with Gasteiger partial charge in [-0.3, -0.25) is 0 Å². The molecule has 0 radical (unpaired) electrons. The van der Waals surface area contributed by atoms with E-state index < -0.39 is 0 Å². The third-order valence-electron chi connectivity index (χ3n) is 3.17. The van der Waals surface area contributed by atoms with Crippen molar-refractivity contribution in [3.05, 3.63) is 18.2 Å². The first kappa shape index (κ1) is 14.7. The highest BCUT2D eigenvalue weighted by atomic mass is 16.5. The van der Waals surface area contributed by atoms with Crippen LogP contribution in [0.5, 0.6) is 5.75 Å². The molecule has 3 nitrogen and oxygen atoms in total. The lowest BCUT2D eigenvalue weighted by Crippen LogP contribution is -2.16. The van der Waals surface area contributed by atoms with Gasteiger partial charge in [0, 0.05) is 30.1 Å². The molecule has 1 aromatic carbocycles. The summed E-state index contributed by atoms with van der Waals surface area (Å²) in [5.74, 6) is 2.15. The van der Waals surface area contributed by atoms with Gasteiger partial charge in [-0.15, -0.1) is 0 Å². The zero-order valence-corrected chi connectivity index (χ0v) is 12.0. The van der Waals surface area contributed by atoms with Crippen LogP contribution in [0.2, 0.25) is 0 Å². The van der Waals surface area contributed by atoms with E-state index in [4.69, 9.17) is 10.5 Å². The van der Waals surface area contributed by atoms with Crippen molar-refractivity contribution < 1.29 is 4.74 Å². The maximum absolute atomic E-state index is 5.88. The van der Waals surface area contributed by atoms with Crippen LogP contribution in [0.4, 0.5) is 11.4 Å². The molecule has 3 heteroatoms. The van der Waals surface area contributed by atoms with E-state index in [0.29, 0.717) is 11.8 Å². The molecule has 0 bridgehead atoms. The second-order valence-electron chi connectivity index (χ2n) is 5.24. The van der Waals surface area contributed by atoms with Crippen LogP contribution in [0.15, 0.2) is 18.2 Å². The third-order valence-corrected chi connectivity index (χ3v) is 3.17. The second-order valence-corrected chi connectivity index (χ2v) is 5.24. The largest absolute Gasteiger partial charge is 0.493 e. The van der Waals surface area contributed by atoms with E-state index in [1.807, 2.05) is 18.2 Å². The Kier molecular flexibility index (Phi) is 5.83. The molecule has 0 spiro atoms. The van der Waals surface area contributed by atoms with Gasteiger partial charge in [-0.2, -0.15) is 0 Å². The van der Waals surface area contributed by atoms with Gasteiger partial charge in [0.05, 0.1) is 6.61 Å². The van der Waals surface area contributed by atoms with Crippen molar-refractivity contribution in [1.29, 1.82) is 0 Å². The van der Waals surface area contributed by atoms with Crippen LogP contribution < -0.4 is 15.8 Å². The van der Waals surface area contributed by atoms with Crippen LogP contribution >= 0.6 is 0 Å². The summed E-state index contributed by atoms with van der Waals surface area (Å²) in [5.41, 5.74) is 7.65. The van der Waals surface area contributed by atoms with E-state index in [-0.39, 0.29) is 0 Å². The average Bonchev–Trinajstić information content (AvgIpc) is 2.32. The van der Waals surface area contributed by atoms with Crippen LogP contribution in [0.1, 0.15) is 34.1 Å². The topological polar surface area (TPSA) is 47.3 Å². The van der Waals surface area contributed by atoms with Gasteiger partial charge in [0.25, 0.3) is 0 Å². The number of anilines is 2. The van der Waals surface area contributed by atoms with Gasteiger partial charge in [-0.25, -0.2) is 0 Å². The van der Waals surface area contributed by atoms with Crippen molar-refractivity contribution >= 4 is 11.4 Å². The predicted molar refractivity (Wildman–Crippen MR) is 79.1 cm³/mol. The number of nitrogens with one attached hydrogen (secondary N) is 1. The van der Waals surface area contributed by atoms with Crippen LogP contribution in [-0.4, -0.2) is 13.2 Å². The molecular formula is C15H26N2O. The Morgan fingerprint density at radius 3 is 2.56 bits per heavy atom. The molecule has 1 atom stereocenters. The number of benzene rings is 1. The molecule has 0 saturated carbocycles. The normalized spacial score (nSPS) is 12.5. The van der Waals surface area contributed by atoms with Gasteiger partial charge in [0.2, 0.25) is 0 Å². The predicted octanol–water partition coefficient (Wildman–Crippen LogP) is 3.76. The first-order valence-electron chi connectivity index (χ1n) is 6.80. The summed E-state index contributed by atoms with van der Waals surface area (Å²) in [7, 11) is 0. The van der Waals surface area contributed by atoms with Crippen molar-refractivity contribution in [2.24, 2.45) is 11.8 Å². The highest BCUT2D eigenvalue weighted by Gasteiger charge is 2.07. The molecule has 3 N–H and O–H groups in total. The lowest BCUT2D eigenvalue weighted by molar-refractivity contribution is 0.318. The number of rotatable bonds is 7. The minimum Gasteiger partial charge on any atom is -0.493 e. The summed E-state index contributed by atoms with van der Waals surface area (Å²) in [4.78, 5) is 0. The first-order valence-corrected chi connectivity index (χ1v) is 6.80. The molecule has 0 amide bonds. The minimum absolute atomic E-state index is 0.631. The Bertz CT molecular complexity index is 364. The average molecular weight is 250 g/mol. The number of hydrogen-bond acceptors (Lipinski definition) is 3. The number of nitrogens with two attached hydrogens (primary N) is 1. The van der Waals surface area contributed by atoms with Crippen LogP contribution in [0, 0.1) is 11.8 Å². The van der Waals surface area contributed by atoms with E-state index in [0.717, 1.165) is 36.7 Å². The van der Waals surface area contributed by atoms with Gasteiger partial charge < -0.3 is 15.8 Å². The number of hydrogen-bond donors (Lipinski definition) is 2. The zero-order chi connectivity index (χ0) is 13.5. The van der Waals surface area contributed by atoms with Gasteiger partial charge >= 0.3 is 0 Å². The molecule has 0 aromatic heterocycles. The monoisotopic (exact) mass is 250 g/mol. The Hall–Kier alpha value is -1.38. The number of ether oxygens (including phenoxy) is 1. The standard InChI is InChI=1S/C15H26N2O/c1-5-6-18-15-8-13(16)7-14(9-15)17-10-12(4)11(2)3/h7-9,11-12,17H,5-6,10,16H2,1-4H3. The van der Waals surface area contributed by atoms with Crippen molar-refractivity contribution in [2.75, 3.05) is 24.2 Å². The van der Waals surface area contributed by atoms with Crippen molar-refractivity contribution in [2.45, 2.75) is 34.1 Å². The minimum atomic E-state index is 0.631. The summed E-state index contributed by atoms with van der Waals surface area (Å²) in [6.45, 7) is 10.5. The third kappa shape index (κ3) is 4.86. The van der Waals surface area contributed by atoms with E-state index in [1.54, 1.807) is 0 Å². The highest BCUT2D eigenvalue weighted by Crippen LogP contribution is 2.23. The molecule has 1 rings (SSSR count). The Morgan fingerprint density at radius 1 is 1.22 bits per heavy atom. The molecule has 0 aliphatic heterocycles. The molecule has 1 aromatic rings. The maximum Gasteiger partial charge on any atom is 0.123 e. The van der Waals surface area contributed by atoms with Gasteiger partial charge in [-0.05, 0) is 24.3 Å². The lowest BCUT2D eigenvalue weighted by atomic mass is 9.98. The van der Waals surface area contributed by atoms with Crippen molar-refractivity contribution in [1.82, 2.24) is 0 Å². The van der Waals surface area contributed by atoms with Gasteiger partial charge in [-0.1, -0.05) is 27.7 Å². The van der Waals surface area contributed by atoms with Gasteiger partial charge in [0.15, 0.2) is 0 Å². The molecule has 0 aliphatic carbocycles. The Balaban J connectivity index is 2.62. The fraction of sp³-hybridized carbons (Fsp3) is 0.600. The fourth-order valence-electron chi connectivity index (χ4n) is 1.54. The van der Waals surface area contributed by atoms with E-state index in [9.17, 15) is 0 Å². The molecule has 18 heavy (non-hydrogen) atoms. The fourth-order valence-corrected chi connectivity index (χ4v) is 1.54. The van der Waals surface area contributed by atoms with Gasteiger partial charge in [0.1, 0.15) is 5.75 Å². The molecule has 0 fully saturated rings. The summed E-state index contributed by atoms with van der Waals surface area (Å²) in [6, 6.07) is 5.83. The van der Waals surface area contributed by atoms with E-state index in [1.165, 1.54) is 0 Å². The van der Waals surface area contributed by atoms with E-state index >= 15 is 0 Å². The van der Waals surface area contributed by atoms with Crippen molar-refractivity contribution in [3.8, 4) is 5.75 Å². The lowest BCUT2D eigenvalue weighted by Gasteiger charge is -2.17. The highest BCUT2D eigenvalue weighted by molar-refractivity contribution is 5.59. The van der Waals surface area contributed by atoms with E-state index in [2.05, 4.69) is 33.0 Å². The summed E-state index contributed by atoms with van der Waals surface area (Å²) < 4.78 is 5.61. The Labute approximate surface area is 111 Å². The first-order chi connectivity index (χ1) is 8.52. The maximum atomic E-state index is 5.88. The van der Waals surface area contributed by atoms with Crippen LogP contribution in [0.25, 0.3) is 0 Å². The molecule has 0 saturated heterocycles. The smallest absolute Gasteiger partial charge is 0.123 e. The summed E-state index contributed by atoms with van der Waals surface area (Å²) in [6.07, 6.45) is 1.00. The quantitative estimate of drug-likeness (QED) is 0.724. The number of nitrogen functional groups attached to an aromatic ring is 1.